The van der Waals surface area contributed by atoms with Gasteiger partial charge >= 0.3 is 5.97 Å². The number of aliphatic carboxylic acids is 1. The van der Waals surface area contributed by atoms with E-state index in [1.165, 1.54) is 0 Å². The second-order valence-corrected chi connectivity index (χ2v) is 2.79. The summed E-state index contributed by atoms with van der Waals surface area (Å²) < 4.78 is 2.67. The summed E-state index contributed by atoms with van der Waals surface area (Å²) in [5.41, 5.74) is 0. The van der Waals surface area contributed by atoms with E-state index >= 15 is 0 Å². The van der Waals surface area contributed by atoms with Gasteiger partial charge in [0.05, 0.1) is 0 Å². The minimum atomic E-state index is -0.792. The number of carboxylic acids is 1. The molecule has 0 spiro atoms. The molecule has 0 aliphatic heterocycles. The zero-order valence-electron chi connectivity index (χ0n) is 5.39. The maximum absolute atomic E-state index is 10.3. The molecule has 54 valence electrons. The Kier molecular flexibility index (Phi) is 4.12. The molecule has 3 nitrogen and oxygen atoms in total. The zero-order chi connectivity index (χ0) is 7.44. The molecule has 0 saturated heterocycles. The van der Waals surface area contributed by atoms with E-state index in [2.05, 4.69) is 3.53 Å². The SMILES string of the molecule is CC(C)[C@H](NI)C(=O)O. The van der Waals surface area contributed by atoms with Crippen molar-refractivity contribution in [3.8, 4) is 0 Å². The van der Waals surface area contributed by atoms with Gasteiger partial charge in [-0.15, -0.1) is 0 Å². The fourth-order valence-electron chi connectivity index (χ4n) is 0.458. The predicted octanol–water partition coefficient (Wildman–Crippen LogP) is 1.04. The van der Waals surface area contributed by atoms with Gasteiger partial charge in [0.1, 0.15) is 6.04 Å². The van der Waals surface area contributed by atoms with E-state index in [1.54, 1.807) is 0 Å². The number of carboxylic acid groups (broad SMARTS) is 1. The monoisotopic (exact) mass is 243 g/mol. The number of nitrogens with one attached hydrogen (secondary N) is 1. The molecule has 0 radical (unpaired) electrons. The molecule has 0 aromatic carbocycles. The molecule has 0 unspecified atom stereocenters. The molecular weight excluding hydrogens is 233 g/mol. The van der Waals surface area contributed by atoms with E-state index < -0.39 is 12.0 Å². The minimum absolute atomic E-state index is 0.138. The Balaban J connectivity index is 3.83. The molecule has 4 heteroatoms. The molecule has 0 fully saturated rings. The second-order valence-electron chi connectivity index (χ2n) is 2.17. The van der Waals surface area contributed by atoms with Crippen LogP contribution in [0.5, 0.6) is 0 Å². The summed E-state index contributed by atoms with van der Waals surface area (Å²) >= 11 is 1.85. The number of halogens is 1. The Bertz CT molecular complexity index is 105. The first-order valence-electron chi connectivity index (χ1n) is 2.68. The van der Waals surface area contributed by atoms with Crippen molar-refractivity contribution in [3.63, 3.8) is 0 Å². The average Bonchev–Trinajstić information content (AvgIpc) is 1.64. The molecular formula is C5H10INO2. The quantitative estimate of drug-likeness (QED) is 0.575. The molecule has 0 amide bonds. The third-order valence-corrected chi connectivity index (χ3v) is 1.72. The van der Waals surface area contributed by atoms with Gasteiger partial charge in [-0.25, -0.2) is 3.53 Å². The molecule has 0 rings (SSSR count). The number of hydrogen-bond donors (Lipinski definition) is 2. The normalized spacial score (nSPS) is 13.8. The number of carbonyl (C=O) groups is 1. The maximum Gasteiger partial charge on any atom is 0.321 e. The Morgan fingerprint density at radius 1 is 1.67 bits per heavy atom. The Labute approximate surface area is 68.3 Å². The van der Waals surface area contributed by atoms with Crippen LogP contribution in [0.15, 0.2) is 0 Å². The summed E-state index contributed by atoms with van der Waals surface area (Å²) in [7, 11) is 0. The van der Waals surface area contributed by atoms with Crippen molar-refractivity contribution in [1.82, 2.24) is 3.53 Å². The van der Waals surface area contributed by atoms with Gasteiger partial charge in [-0.3, -0.25) is 4.79 Å². The van der Waals surface area contributed by atoms with E-state index in [-0.39, 0.29) is 5.92 Å². The lowest BCUT2D eigenvalue weighted by molar-refractivity contribution is -0.139. The van der Waals surface area contributed by atoms with Crippen molar-refractivity contribution in [3.05, 3.63) is 0 Å². The summed E-state index contributed by atoms with van der Waals surface area (Å²) in [6.45, 7) is 3.73. The van der Waals surface area contributed by atoms with E-state index in [1.807, 2.05) is 36.7 Å². The van der Waals surface area contributed by atoms with Crippen LogP contribution in [-0.4, -0.2) is 17.1 Å². The summed E-state index contributed by atoms with van der Waals surface area (Å²) in [4.78, 5) is 10.3. The highest BCUT2D eigenvalue weighted by molar-refractivity contribution is 14.1. The van der Waals surface area contributed by atoms with Gasteiger partial charge in [0.15, 0.2) is 0 Å². The highest BCUT2D eigenvalue weighted by atomic mass is 127. The van der Waals surface area contributed by atoms with Crippen LogP contribution in [0, 0.1) is 5.92 Å². The minimum Gasteiger partial charge on any atom is -0.480 e. The molecule has 0 saturated carbocycles. The topological polar surface area (TPSA) is 49.3 Å². The van der Waals surface area contributed by atoms with Crippen molar-refractivity contribution in [2.45, 2.75) is 19.9 Å². The lowest BCUT2D eigenvalue weighted by Gasteiger charge is -2.12. The van der Waals surface area contributed by atoms with E-state index in [9.17, 15) is 4.79 Å². The molecule has 0 aliphatic rings. The first kappa shape index (κ1) is 9.16. The van der Waals surface area contributed by atoms with Crippen LogP contribution in [0.1, 0.15) is 13.8 Å². The molecule has 0 bridgehead atoms. The molecule has 0 aromatic heterocycles. The highest BCUT2D eigenvalue weighted by Crippen LogP contribution is 2.02. The lowest BCUT2D eigenvalue weighted by Crippen LogP contribution is -2.34. The smallest absolute Gasteiger partial charge is 0.321 e. The van der Waals surface area contributed by atoms with Crippen LogP contribution in [0.25, 0.3) is 0 Å². The molecule has 0 aliphatic carbocycles. The Morgan fingerprint density at radius 3 is 2.11 bits per heavy atom. The molecule has 2 N–H and O–H groups in total. The van der Waals surface area contributed by atoms with Gasteiger partial charge in [-0.05, 0) is 5.92 Å². The lowest BCUT2D eigenvalue weighted by atomic mass is 10.1. The zero-order valence-corrected chi connectivity index (χ0v) is 7.55. The van der Waals surface area contributed by atoms with E-state index in [4.69, 9.17) is 5.11 Å². The van der Waals surface area contributed by atoms with Crippen molar-refractivity contribution in [2.24, 2.45) is 5.92 Å². The summed E-state index contributed by atoms with van der Waals surface area (Å²) in [6.07, 6.45) is 0. The van der Waals surface area contributed by atoms with Gasteiger partial charge in [-0.2, -0.15) is 0 Å². The first-order chi connectivity index (χ1) is 4.09. The maximum atomic E-state index is 10.3. The average molecular weight is 243 g/mol. The van der Waals surface area contributed by atoms with Crippen molar-refractivity contribution in [1.29, 1.82) is 0 Å². The molecule has 9 heavy (non-hydrogen) atoms. The van der Waals surface area contributed by atoms with Crippen molar-refractivity contribution < 1.29 is 9.90 Å². The number of hydrogen-bond acceptors (Lipinski definition) is 2. The molecule has 0 aromatic rings. The van der Waals surface area contributed by atoms with Gasteiger partial charge in [0, 0.05) is 22.9 Å². The number of rotatable bonds is 3. The van der Waals surface area contributed by atoms with Crippen LogP contribution < -0.4 is 3.53 Å². The van der Waals surface area contributed by atoms with Gasteiger partial charge in [-0.1, -0.05) is 13.8 Å². The summed E-state index contributed by atoms with van der Waals surface area (Å²) in [5.74, 6) is -0.654. The Morgan fingerprint density at radius 2 is 2.11 bits per heavy atom. The van der Waals surface area contributed by atoms with Crippen molar-refractivity contribution >= 4 is 28.8 Å². The highest BCUT2D eigenvalue weighted by Gasteiger charge is 2.18. The van der Waals surface area contributed by atoms with Crippen LogP contribution in [0.3, 0.4) is 0 Å². The standard InChI is InChI=1S/C5H10INO2/c1-3(2)4(7-6)5(8)9/h3-4,7H,1-2H3,(H,8,9)/t4-/m0/s1. The molecule has 0 heterocycles. The van der Waals surface area contributed by atoms with E-state index in [0.717, 1.165) is 0 Å². The molecule has 1 atom stereocenters. The van der Waals surface area contributed by atoms with Crippen molar-refractivity contribution in [2.75, 3.05) is 0 Å². The van der Waals surface area contributed by atoms with Crippen LogP contribution >= 0.6 is 22.9 Å². The van der Waals surface area contributed by atoms with Gasteiger partial charge in [0.2, 0.25) is 0 Å². The summed E-state index contributed by atoms with van der Waals surface area (Å²) in [6, 6.07) is -0.425. The fraction of sp³-hybridized carbons (Fsp3) is 0.800. The predicted molar refractivity (Wildman–Crippen MR) is 43.4 cm³/mol. The second kappa shape index (κ2) is 4.05. The third kappa shape index (κ3) is 3.00. The van der Waals surface area contributed by atoms with Gasteiger partial charge in [0.25, 0.3) is 0 Å². The Hall–Kier alpha value is 0.160. The van der Waals surface area contributed by atoms with E-state index in [0.29, 0.717) is 0 Å². The fourth-order valence-corrected chi connectivity index (χ4v) is 1.44. The largest absolute Gasteiger partial charge is 0.480 e. The van der Waals surface area contributed by atoms with Gasteiger partial charge < -0.3 is 5.11 Å². The first-order valence-corrected chi connectivity index (χ1v) is 3.76. The van der Waals surface area contributed by atoms with Crippen LogP contribution in [-0.2, 0) is 4.79 Å². The third-order valence-electron chi connectivity index (χ3n) is 1.05. The van der Waals surface area contributed by atoms with Crippen LogP contribution in [0.2, 0.25) is 0 Å². The summed E-state index contributed by atoms with van der Waals surface area (Å²) in [5, 5.41) is 8.48. The van der Waals surface area contributed by atoms with Crippen LogP contribution in [0.4, 0.5) is 0 Å².